The van der Waals surface area contributed by atoms with E-state index in [1.165, 1.54) is 4.31 Å². The van der Waals surface area contributed by atoms with Gasteiger partial charge in [0.1, 0.15) is 10.3 Å². The first-order valence-corrected chi connectivity index (χ1v) is 11.2. The summed E-state index contributed by atoms with van der Waals surface area (Å²) in [7, 11) is -3.63. The summed E-state index contributed by atoms with van der Waals surface area (Å²) in [4.78, 5) is 17.0. The van der Waals surface area contributed by atoms with Crippen LogP contribution in [0.1, 0.15) is 18.4 Å². The molecule has 10 heteroatoms. The van der Waals surface area contributed by atoms with Gasteiger partial charge in [0.15, 0.2) is 5.82 Å². The molecular weight excluding hydrogens is 398 g/mol. The molecule has 146 valence electrons. The number of amides is 1. The van der Waals surface area contributed by atoms with Crippen molar-refractivity contribution in [3.8, 4) is 5.82 Å². The summed E-state index contributed by atoms with van der Waals surface area (Å²) in [5, 5.41) is 8.68. The predicted molar refractivity (Wildman–Crippen MR) is 104 cm³/mol. The summed E-state index contributed by atoms with van der Waals surface area (Å²) in [6, 6.07) is 8.08. The van der Waals surface area contributed by atoms with Crippen molar-refractivity contribution >= 4 is 27.3 Å². The van der Waals surface area contributed by atoms with Crippen molar-refractivity contribution in [1.29, 1.82) is 0 Å². The number of thiophene rings is 1. The monoisotopic (exact) mass is 417 g/mol. The van der Waals surface area contributed by atoms with Gasteiger partial charge in [-0.1, -0.05) is 12.1 Å². The van der Waals surface area contributed by atoms with E-state index in [1.54, 1.807) is 40.8 Å². The fraction of sp³-hybridized carbons (Fsp3) is 0.278. The second kappa shape index (κ2) is 7.82. The molecule has 4 rings (SSSR count). The van der Waals surface area contributed by atoms with Crippen LogP contribution in [0.3, 0.4) is 0 Å². The van der Waals surface area contributed by atoms with Crippen molar-refractivity contribution in [1.82, 2.24) is 24.4 Å². The molecule has 0 spiro atoms. The highest BCUT2D eigenvalue weighted by Gasteiger charge is 2.39. The third-order valence-electron chi connectivity index (χ3n) is 4.58. The Morgan fingerprint density at radius 2 is 2.18 bits per heavy atom. The van der Waals surface area contributed by atoms with Gasteiger partial charge in [-0.15, -0.1) is 11.3 Å². The zero-order valence-corrected chi connectivity index (χ0v) is 16.6. The number of carbonyl (C=O) groups is 1. The Morgan fingerprint density at radius 3 is 2.86 bits per heavy atom. The molecule has 4 heterocycles. The Bertz CT molecular complexity index is 1030. The quantitative estimate of drug-likeness (QED) is 0.660. The maximum Gasteiger partial charge on any atom is 0.253 e. The second-order valence-corrected chi connectivity index (χ2v) is 9.46. The van der Waals surface area contributed by atoms with Gasteiger partial charge < -0.3 is 5.32 Å². The highest BCUT2D eigenvalue weighted by atomic mass is 32.2. The van der Waals surface area contributed by atoms with E-state index in [2.05, 4.69) is 15.4 Å². The molecule has 3 aromatic heterocycles. The Balaban J connectivity index is 1.40. The molecule has 0 radical (unpaired) electrons. The number of nitrogens with zero attached hydrogens (tertiary/aromatic N) is 4. The molecule has 1 amide bonds. The Morgan fingerprint density at radius 1 is 1.29 bits per heavy atom. The number of aromatic nitrogens is 3. The van der Waals surface area contributed by atoms with Crippen LogP contribution in [0, 0.1) is 0 Å². The van der Waals surface area contributed by atoms with E-state index in [1.807, 2.05) is 18.2 Å². The molecule has 1 aliphatic rings. The van der Waals surface area contributed by atoms with Gasteiger partial charge in [-0.2, -0.15) is 9.40 Å². The van der Waals surface area contributed by atoms with Crippen molar-refractivity contribution in [3.05, 3.63) is 59.9 Å². The molecule has 1 aliphatic heterocycles. The standard InChI is InChI=1S/C18H19N5O3S2/c24-18(15-4-1-10-23(15)28(25,26)17-5-2-11-27-17)20-13-14-6-7-16(19-12-14)22-9-3-8-21-22/h2-3,5-9,11-12,15H,1,4,10,13H2,(H,20,24). The highest BCUT2D eigenvalue weighted by molar-refractivity contribution is 7.91. The minimum atomic E-state index is -3.63. The summed E-state index contributed by atoms with van der Waals surface area (Å²) < 4.78 is 28.8. The molecule has 0 bridgehead atoms. The van der Waals surface area contributed by atoms with Gasteiger partial charge in [0.25, 0.3) is 10.0 Å². The smallest absolute Gasteiger partial charge is 0.253 e. The summed E-state index contributed by atoms with van der Waals surface area (Å²) in [5.74, 6) is 0.401. The molecule has 1 unspecified atom stereocenters. The van der Waals surface area contributed by atoms with Crippen LogP contribution in [-0.2, 0) is 21.4 Å². The Labute approximate surface area is 166 Å². The van der Waals surface area contributed by atoms with E-state index in [-0.39, 0.29) is 16.7 Å². The lowest BCUT2D eigenvalue weighted by molar-refractivity contribution is -0.124. The normalized spacial score (nSPS) is 17.6. The maximum absolute atomic E-state index is 12.8. The molecule has 0 aromatic carbocycles. The fourth-order valence-electron chi connectivity index (χ4n) is 3.18. The molecule has 8 nitrogen and oxygen atoms in total. The van der Waals surface area contributed by atoms with Crippen molar-refractivity contribution in [2.24, 2.45) is 0 Å². The van der Waals surface area contributed by atoms with Gasteiger partial charge in [-0.3, -0.25) is 4.79 Å². The SMILES string of the molecule is O=C(NCc1ccc(-n2cccn2)nc1)C1CCCN1S(=O)(=O)c1cccs1. The average molecular weight is 418 g/mol. The topological polar surface area (TPSA) is 97.2 Å². The predicted octanol–water partition coefficient (Wildman–Crippen LogP) is 1.80. The molecule has 0 aliphatic carbocycles. The molecule has 1 saturated heterocycles. The van der Waals surface area contributed by atoms with Crippen LogP contribution in [-0.4, -0.2) is 46.0 Å². The van der Waals surface area contributed by atoms with Gasteiger partial charge in [-0.05, 0) is 42.0 Å². The van der Waals surface area contributed by atoms with Gasteiger partial charge in [0, 0.05) is 31.7 Å². The number of nitrogens with one attached hydrogen (secondary N) is 1. The lowest BCUT2D eigenvalue weighted by atomic mass is 10.2. The van der Waals surface area contributed by atoms with Gasteiger partial charge in [0.05, 0.1) is 0 Å². The third kappa shape index (κ3) is 3.71. The van der Waals surface area contributed by atoms with E-state index in [0.29, 0.717) is 25.2 Å². The van der Waals surface area contributed by atoms with Gasteiger partial charge in [-0.25, -0.2) is 18.1 Å². The van der Waals surface area contributed by atoms with Crippen LogP contribution in [0.25, 0.3) is 5.82 Å². The van der Waals surface area contributed by atoms with Crippen LogP contribution in [0.2, 0.25) is 0 Å². The lowest BCUT2D eigenvalue weighted by Gasteiger charge is -2.22. The average Bonchev–Trinajstić information content (AvgIpc) is 3.48. The summed E-state index contributed by atoms with van der Waals surface area (Å²) in [5.41, 5.74) is 0.829. The van der Waals surface area contributed by atoms with E-state index in [4.69, 9.17) is 0 Å². The summed E-state index contributed by atoms with van der Waals surface area (Å²) >= 11 is 1.16. The van der Waals surface area contributed by atoms with Crippen molar-refractivity contribution in [2.45, 2.75) is 29.6 Å². The van der Waals surface area contributed by atoms with Crippen molar-refractivity contribution in [2.75, 3.05) is 6.54 Å². The van der Waals surface area contributed by atoms with E-state index >= 15 is 0 Å². The summed E-state index contributed by atoms with van der Waals surface area (Å²) in [6.45, 7) is 0.646. The number of pyridine rings is 1. The van der Waals surface area contributed by atoms with Gasteiger partial charge in [0.2, 0.25) is 5.91 Å². The van der Waals surface area contributed by atoms with Crippen LogP contribution in [0.15, 0.2) is 58.5 Å². The minimum absolute atomic E-state index is 0.269. The second-order valence-electron chi connectivity index (χ2n) is 6.40. The zero-order chi connectivity index (χ0) is 19.6. The summed E-state index contributed by atoms with van der Waals surface area (Å²) in [6.07, 6.45) is 6.34. The number of hydrogen-bond acceptors (Lipinski definition) is 6. The van der Waals surface area contributed by atoms with Crippen LogP contribution < -0.4 is 5.32 Å². The lowest BCUT2D eigenvalue weighted by Crippen LogP contribution is -2.45. The van der Waals surface area contributed by atoms with Crippen LogP contribution in [0.5, 0.6) is 0 Å². The highest BCUT2D eigenvalue weighted by Crippen LogP contribution is 2.28. The van der Waals surface area contributed by atoms with Crippen LogP contribution >= 0.6 is 11.3 Å². The van der Waals surface area contributed by atoms with Crippen molar-refractivity contribution < 1.29 is 13.2 Å². The number of sulfonamides is 1. The Kier molecular flexibility index (Phi) is 5.25. The van der Waals surface area contributed by atoms with Gasteiger partial charge >= 0.3 is 0 Å². The minimum Gasteiger partial charge on any atom is -0.351 e. The zero-order valence-electron chi connectivity index (χ0n) is 14.9. The molecule has 1 atom stereocenters. The molecule has 0 saturated carbocycles. The van der Waals surface area contributed by atoms with E-state index in [9.17, 15) is 13.2 Å². The fourth-order valence-corrected chi connectivity index (χ4v) is 5.96. The first-order valence-electron chi connectivity index (χ1n) is 8.84. The number of rotatable bonds is 6. The maximum atomic E-state index is 12.8. The molecular formula is C18H19N5O3S2. The number of carbonyl (C=O) groups excluding carboxylic acids is 1. The molecule has 1 fully saturated rings. The van der Waals surface area contributed by atoms with Crippen LogP contribution in [0.4, 0.5) is 0 Å². The van der Waals surface area contributed by atoms with Crippen molar-refractivity contribution in [3.63, 3.8) is 0 Å². The first-order chi connectivity index (χ1) is 13.6. The first kappa shape index (κ1) is 18.8. The molecule has 1 N–H and O–H groups in total. The largest absolute Gasteiger partial charge is 0.351 e. The Hall–Kier alpha value is -2.56. The number of hydrogen-bond donors (Lipinski definition) is 1. The van der Waals surface area contributed by atoms with E-state index in [0.717, 1.165) is 16.9 Å². The van der Waals surface area contributed by atoms with E-state index < -0.39 is 16.1 Å². The molecule has 28 heavy (non-hydrogen) atoms. The molecule has 3 aromatic rings. The third-order valence-corrected chi connectivity index (χ3v) is 7.86.